The van der Waals surface area contributed by atoms with Gasteiger partial charge in [-0.05, 0) is 0 Å². The van der Waals surface area contributed by atoms with Gasteiger partial charge < -0.3 is 44.7 Å². The lowest BCUT2D eigenvalue weighted by Crippen LogP contribution is -2.36. The number of aliphatic hydroxyl groups excluding tert-OH is 5. The summed E-state index contributed by atoms with van der Waals surface area (Å²) in [4.78, 5) is 33.6. The number of hydrogen-bond donors (Lipinski definition) is 6. The van der Waals surface area contributed by atoms with Crippen LogP contribution < -0.4 is 5.56 Å². The van der Waals surface area contributed by atoms with E-state index in [-0.39, 0.29) is 11.2 Å². The predicted molar refractivity (Wildman–Crippen MR) is 92.7 cm³/mol. The third-order valence-corrected chi connectivity index (χ3v) is 4.84. The average molecular weight is 426 g/mol. The summed E-state index contributed by atoms with van der Waals surface area (Å²) >= 11 is 0. The highest BCUT2D eigenvalue weighted by molar-refractivity contribution is 5.89. The van der Waals surface area contributed by atoms with Gasteiger partial charge in [-0.15, -0.1) is 0 Å². The lowest BCUT2D eigenvalue weighted by molar-refractivity contribution is -0.148. The first kappa shape index (κ1) is 20.2. The van der Waals surface area contributed by atoms with E-state index in [1.54, 1.807) is 0 Å². The summed E-state index contributed by atoms with van der Waals surface area (Å²) in [6.45, 7) is -1.21. The molecule has 30 heavy (non-hydrogen) atoms. The van der Waals surface area contributed by atoms with Crippen LogP contribution in [0.5, 0.6) is 0 Å². The number of imidazole rings is 1. The summed E-state index contributed by atoms with van der Waals surface area (Å²) in [5, 5.41) is 49.3. The van der Waals surface area contributed by atoms with E-state index in [2.05, 4.69) is 15.0 Å². The number of carbonyl (C=O) groups is 1. The van der Waals surface area contributed by atoms with E-state index >= 15 is 0 Å². The van der Waals surface area contributed by atoms with Gasteiger partial charge in [0.25, 0.3) is 5.56 Å². The Morgan fingerprint density at radius 2 is 2.03 bits per heavy atom. The maximum atomic E-state index is 11.8. The Morgan fingerprint density at radius 3 is 2.77 bits per heavy atom. The molecule has 0 radical (unpaired) electrons. The second-order valence-corrected chi connectivity index (χ2v) is 6.70. The number of ether oxygens (including phenoxy) is 3. The van der Waals surface area contributed by atoms with E-state index < -0.39 is 73.0 Å². The lowest BCUT2D eigenvalue weighted by atomic mass is 10.1. The molecule has 2 aromatic heterocycles. The molecule has 2 aromatic rings. The third-order valence-electron chi connectivity index (χ3n) is 4.84. The molecule has 2 aliphatic heterocycles. The van der Waals surface area contributed by atoms with Gasteiger partial charge in [-0.3, -0.25) is 9.36 Å². The molecule has 0 aromatic carbocycles. The Labute approximate surface area is 166 Å². The molecular weight excluding hydrogens is 408 g/mol. The summed E-state index contributed by atoms with van der Waals surface area (Å²) in [6.07, 6.45) is -5.78. The number of rotatable bonds is 6. The van der Waals surface area contributed by atoms with E-state index in [1.165, 1.54) is 10.9 Å². The van der Waals surface area contributed by atoms with Crippen molar-refractivity contribution in [1.29, 1.82) is 0 Å². The molecule has 4 heterocycles. The van der Waals surface area contributed by atoms with Gasteiger partial charge in [0.1, 0.15) is 31.0 Å². The summed E-state index contributed by atoms with van der Waals surface area (Å²) in [5.74, 6) is -2.47. The summed E-state index contributed by atoms with van der Waals surface area (Å²) in [6, 6.07) is 0. The molecule has 0 saturated carbocycles. The molecular formula is C16H18N4O10. The molecule has 6 N–H and O–H groups in total. The minimum Gasteiger partial charge on any atom is -0.499 e. The molecule has 1 saturated heterocycles. The van der Waals surface area contributed by atoms with Crippen molar-refractivity contribution >= 4 is 17.1 Å². The predicted octanol–water partition coefficient (Wildman–Crippen LogP) is -3.20. The van der Waals surface area contributed by atoms with Crippen LogP contribution in [0.25, 0.3) is 11.2 Å². The number of cyclic esters (lactones) is 1. The first-order valence-corrected chi connectivity index (χ1v) is 8.81. The van der Waals surface area contributed by atoms with E-state index in [4.69, 9.17) is 19.3 Å². The number of nitrogens with one attached hydrogen (secondary N) is 1. The van der Waals surface area contributed by atoms with Gasteiger partial charge >= 0.3 is 5.97 Å². The summed E-state index contributed by atoms with van der Waals surface area (Å²) in [5.41, 5.74) is -0.355. The number of fused-ring (bicyclic) bond motifs is 1. The molecule has 0 bridgehead atoms. The minimum atomic E-state index is -1.54. The molecule has 2 aliphatic rings. The number of hydrogen-bond acceptors (Lipinski definition) is 12. The van der Waals surface area contributed by atoms with E-state index in [0.29, 0.717) is 0 Å². The Hall–Kier alpha value is -3.04. The highest BCUT2D eigenvalue weighted by Gasteiger charge is 2.46. The first-order chi connectivity index (χ1) is 14.3. The van der Waals surface area contributed by atoms with Crippen LogP contribution in [0.15, 0.2) is 29.0 Å². The number of aromatic nitrogens is 4. The van der Waals surface area contributed by atoms with Crippen molar-refractivity contribution in [3.63, 3.8) is 0 Å². The molecule has 14 nitrogen and oxygen atoms in total. The maximum Gasteiger partial charge on any atom is 0.378 e. The zero-order chi connectivity index (χ0) is 21.6. The fourth-order valence-corrected chi connectivity index (χ4v) is 3.28. The van der Waals surface area contributed by atoms with Crippen LogP contribution in [0.3, 0.4) is 0 Å². The molecule has 1 fully saturated rings. The van der Waals surface area contributed by atoms with Gasteiger partial charge in [0, 0.05) is 0 Å². The maximum absolute atomic E-state index is 11.8. The van der Waals surface area contributed by atoms with Gasteiger partial charge in [0.05, 0.1) is 19.3 Å². The first-order valence-electron chi connectivity index (χ1n) is 8.81. The van der Waals surface area contributed by atoms with Crippen LogP contribution in [0.1, 0.15) is 6.23 Å². The van der Waals surface area contributed by atoms with Crippen LogP contribution in [-0.2, 0) is 19.0 Å². The second-order valence-electron chi connectivity index (χ2n) is 6.70. The van der Waals surface area contributed by atoms with Crippen molar-refractivity contribution in [3.8, 4) is 0 Å². The number of aliphatic hydroxyl groups is 5. The highest BCUT2D eigenvalue weighted by Crippen LogP contribution is 2.32. The third kappa shape index (κ3) is 3.20. The van der Waals surface area contributed by atoms with Crippen molar-refractivity contribution in [2.45, 2.75) is 36.7 Å². The minimum absolute atomic E-state index is 0.0139. The Balaban J connectivity index is 1.52. The molecule has 0 spiro atoms. The van der Waals surface area contributed by atoms with Crippen molar-refractivity contribution < 1.29 is 44.5 Å². The SMILES string of the molecule is O=C1O[C@H]([C@@H](O)CO)C(OC[C@H]2O[C@@H](n3cnc4c(=O)[nH]cnc43)[C@H](O)[C@@H]2O)=C1O. The largest absolute Gasteiger partial charge is 0.499 e. The van der Waals surface area contributed by atoms with Gasteiger partial charge in [-0.25, -0.2) is 14.8 Å². The average Bonchev–Trinajstić information content (AvgIpc) is 3.37. The van der Waals surface area contributed by atoms with Crippen molar-refractivity contribution in [3.05, 3.63) is 34.5 Å². The molecule has 6 atom stereocenters. The Morgan fingerprint density at radius 1 is 1.27 bits per heavy atom. The Kier molecular flexibility index (Phi) is 5.17. The molecule has 0 unspecified atom stereocenters. The smallest absolute Gasteiger partial charge is 0.378 e. The van der Waals surface area contributed by atoms with Crippen LogP contribution in [0.4, 0.5) is 0 Å². The van der Waals surface area contributed by atoms with Crippen molar-refractivity contribution in [2.24, 2.45) is 0 Å². The van der Waals surface area contributed by atoms with Gasteiger partial charge in [0.15, 0.2) is 29.3 Å². The summed E-state index contributed by atoms with van der Waals surface area (Å²) < 4.78 is 17.0. The van der Waals surface area contributed by atoms with E-state index in [1.807, 2.05) is 0 Å². The van der Waals surface area contributed by atoms with Crippen LogP contribution >= 0.6 is 0 Å². The highest BCUT2D eigenvalue weighted by atomic mass is 16.6. The molecule has 14 heteroatoms. The molecule has 0 aliphatic carbocycles. The normalized spacial score (nSPS) is 30.1. The van der Waals surface area contributed by atoms with Crippen molar-refractivity contribution in [1.82, 2.24) is 19.5 Å². The fourth-order valence-electron chi connectivity index (χ4n) is 3.28. The fraction of sp³-hybridized carbons (Fsp3) is 0.500. The van der Waals surface area contributed by atoms with E-state index in [9.17, 15) is 30.0 Å². The van der Waals surface area contributed by atoms with Crippen LogP contribution in [0, 0.1) is 0 Å². The molecule has 0 amide bonds. The number of aromatic amines is 1. The van der Waals surface area contributed by atoms with Gasteiger partial charge in [-0.2, -0.15) is 0 Å². The molecule has 162 valence electrons. The number of nitrogens with zero attached hydrogens (tertiary/aromatic N) is 3. The number of H-pyrrole nitrogens is 1. The number of esters is 1. The zero-order valence-electron chi connectivity index (χ0n) is 15.2. The van der Waals surface area contributed by atoms with Crippen molar-refractivity contribution in [2.75, 3.05) is 13.2 Å². The summed E-state index contributed by atoms with van der Waals surface area (Å²) in [7, 11) is 0. The number of carbonyl (C=O) groups excluding carboxylic acids is 1. The monoisotopic (exact) mass is 426 g/mol. The quantitative estimate of drug-likeness (QED) is 0.252. The zero-order valence-corrected chi connectivity index (χ0v) is 15.2. The Bertz CT molecular complexity index is 1050. The van der Waals surface area contributed by atoms with Crippen LogP contribution in [-0.4, -0.2) is 94.8 Å². The van der Waals surface area contributed by atoms with E-state index in [0.717, 1.165) is 6.33 Å². The lowest BCUT2D eigenvalue weighted by Gasteiger charge is -2.21. The van der Waals surface area contributed by atoms with Crippen LogP contribution in [0.2, 0.25) is 0 Å². The standard InChI is InChI=1S/C16H18N4O10/c21-1-5(22)11-12(10(25)16(27)30-11)28-2-6-8(23)9(24)15(29-6)20-4-19-7-13(20)17-3-18-14(7)26/h3-6,8-9,11,15,21-25H,1-2H2,(H,17,18,26)/t5-,6+,8+,9+,11+,15+/m0/s1. The van der Waals surface area contributed by atoms with Gasteiger partial charge in [-0.1, -0.05) is 0 Å². The molecule has 4 rings (SSSR count). The topological polar surface area (TPSA) is 209 Å². The van der Waals surface area contributed by atoms with Gasteiger partial charge in [0.2, 0.25) is 5.76 Å². The second kappa shape index (κ2) is 7.66.